The molecule has 1 amide bonds. The maximum atomic E-state index is 12.2. The lowest BCUT2D eigenvalue weighted by Gasteiger charge is -2.10. The van der Waals surface area contributed by atoms with E-state index in [9.17, 15) is 4.79 Å². The van der Waals surface area contributed by atoms with Gasteiger partial charge in [-0.25, -0.2) is 0 Å². The van der Waals surface area contributed by atoms with Gasteiger partial charge in [0.25, 0.3) is 5.91 Å². The van der Waals surface area contributed by atoms with E-state index in [1.165, 1.54) is 6.20 Å². The van der Waals surface area contributed by atoms with Crippen molar-refractivity contribution in [1.29, 1.82) is 0 Å². The number of amides is 1. The van der Waals surface area contributed by atoms with Crippen LogP contribution in [0.5, 0.6) is 0 Å². The summed E-state index contributed by atoms with van der Waals surface area (Å²) in [5, 5.41) is 2.82. The van der Waals surface area contributed by atoms with E-state index in [1.807, 2.05) is 32.0 Å². The van der Waals surface area contributed by atoms with Gasteiger partial charge in [0.2, 0.25) is 0 Å². The van der Waals surface area contributed by atoms with Gasteiger partial charge in [0, 0.05) is 22.1 Å². The molecule has 4 nitrogen and oxygen atoms in total. The van der Waals surface area contributed by atoms with Gasteiger partial charge in [0.15, 0.2) is 0 Å². The number of hydrogen-bond acceptors (Lipinski definition) is 3. The summed E-state index contributed by atoms with van der Waals surface area (Å²) in [6.07, 6.45) is 1.49. The van der Waals surface area contributed by atoms with Crippen molar-refractivity contribution < 1.29 is 4.79 Å². The minimum absolute atomic E-state index is 0.267. The van der Waals surface area contributed by atoms with Gasteiger partial charge in [-0.15, -0.1) is 0 Å². The predicted octanol–water partition coefficient (Wildman–Crippen LogP) is 3.30. The van der Waals surface area contributed by atoms with Gasteiger partial charge in [0.05, 0.1) is 11.3 Å². The molecule has 5 heteroatoms. The van der Waals surface area contributed by atoms with E-state index in [-0.39, 0.29) is 5.91 Å². The van der Waals surface area contributed by atoms with Crippen LogP contribution in [-0.4, -0.2) is 10.9 Å². The molecule has 0 saturated carbocycles. The van der Waals surface area contributed by atoms with Crippen LogP contribution in [0.1, 0.15) is 21.6 Å². The molecule has 3 N–H and O–H groups in total. The third kappa shape index (κ3) is 3.12. The zero-order valence-corrected chi connectivity index (χ0v) is 12.3. The zero-order chi connectivity index (χ0) is 14.0. The average molecular weight is 320 g/mol. The minimum atomic E-state index is -0.267. The second-order valence-corrected chi connectivity index (χ2v) is 5.20. The summed E-state index contributed by atoms with van der Waals surface area (Å²) in [6.45, 7) is 3.79. The van der Waals surface area contributed by atoms with Crippen molar-refractivity contribution in [1.82, 2.24) is 4.98 Å². The number of hydrogen-bond donors (Lipinski definition) is 2. The number of carbonyl (C=O) groups excluding carboxylic acids is 1. The van der Waals surface area contributed by atoms with E-state index in [0.29, 0.717) is 16.9 Å². The molecule has 0 aliphatic carbocycles. The molecule has 98 valence electrons. The van der Waals surface area contributed by atoms with Crippen LogP contribution in [0, 0.1) is 13.8 Å². The van der Waals surface area contributed by atoms with Crippen molar-refractivity contribution >= 4 is 33.2 Å². The summed E-state index contributed by atoms with van der Waals surface area (Å²) in [7, 11) is 0. The van der Waals surface area contributed by atoms with Crippen molar-refractivity contribution in [2.24, 2.45) is 0 Å². The van der Waals surface area contributed by atoms with Gasteiger partial charge < -0.3 is 11.1 Å². The van der Waals surface area contributed by atoms with E-state index in [0.717, 1.165) is 15.7 Å². The number of carbonyl (C=O) groups is 1. The first-order chi connectivity index (χ1) is 8.97. The minimum Gasteiger partial charge on any atom is -0.398 e. The van der Waals surface area contributed by atoms with Gasteiger partial charge in [0.1, 0.15) is 0 Å². The number of aromatic nitrogens is 1. The summed E-state index contributed by atoms with van der Waals surface area (Å²) >= 11 is 3.40. The average Bonchev–Trinajstić information content (AvgIpc) is 2.33. The third-order valence-electron chi connectivity index (χ3n) is 2.69. The Balaban J connectivity index is 2.28. The molecular formula is C14H14BrN3O. The molecule has 0 saturated heterocycles. The first kappa shape index (κ1) is 13.5. The van der Waals surface area contributed by atoms with Crippen LogP contribution in [0.3, 0.4) is 0 Å². The molecule has 2 rings (SSSR count). The van der Waals surface area contributed by atoms with Crippen molar-refractivity contribution in [2.75, 3.05) is 11.1 Å². The zero-order valence-electron chi connectivity index (χ0n) is 10.7. The first-order valence-corrected chi connectivity index (χ1v) is 6.56. The quantitative estimate of drug-likeness (QED) is 0.892. The van der Waals surface area contributed by atoms with E-state index in [2.05, 4.69) is 26.2 Å². The van der Waals surface area contributed by atoms with Crippen molar-refractivity contribution in [3.8, 4) is 0 Å². The van der Waals surface area contributed by atoms with Crippen LogP contribution in [0.4, 0.5) is 11.4 Å². The Morgan fingerprint density at radius 1 is 1.32 bits per heavy atom. The number of aryl methyl sites for hydroxylation is 2. The molecule has 0 atom stereocenters. The first-order valence-electron chi connectivity index (χ1n) is 5.77. The van der Waals surface area contributed by atoms with Gasteiger partial charge in [-0.1, -0.05) is 6.07 Å². The van der Waals surface area contributed by atoms with Crippen LogP contribution >= 0.6 is 15.9 Å². The fraction of sp³-hybridized carbons (Fsp3) is 0.143. The Hall–Kier alpha value is -1.88. The van der Waals surface area contributed by atoms with E-state index in [4.69, 9.17) is 5.73 Å². The lowest BCUT2D eigenvalue weighted by molar-refractivity contribution is 0.102. The normalized spacial score (nSPS) is 10.3. The van der Waals surface area contributed by atoms with E-state index < -0.39 is 0 Å². The van der Waals surface area contributed by atoms with Crippen LogP contribution in [-0.2, 0) is 0 Å². The summed E-state index contributed by atoms with van der Waals surface area (Å²) in [5.41, 5.74) is 9.19. The number of nitrogens with one attached hydrogen (secondary N) is 1. The fourth-order valence-corrected chi connectivity index (χ4v) is 2.04. The third-order valence-corrected chi connectivity index (χ3v) is 3.38. The molecule has 2 aromatic rings. The largest absolute Gasteiger partial charge is 0.398 e. The van der Waals surface area contributed by atoms with Crippen molar-refractivity contribution in [2.45, 2.75) is 13.8 Å². The topological polar surface area (TPSA) is 68.0 Å². The lowest BCUT2D eigenvalue weighted by atomic mass is 10.2. The maximum Gasteiger partial charge on any atom is 0.259 e. The second-order valence-electron chi connectivity index (χ2n) is 4.35. The highest BCUT2D eigenvalue weighted by atomic mass is 79.9. The van der Waals surface area contributed by atoms with Crippen molar-refractivity contribution in [3.05, 3.63) is 51.8 Å². The number of anilines is 2. The Labute approximate surface area is 120 Å². The molecule has 0 radical (unpaired) electrons. The maximum absolute atomic E-state index is 12.2. The highest BCUT2D eigenvalue weighted by molar-refractivity contribution is 9.10. The van der Waals surface area contributed by atoms with E-state index >= 15 is 0 Å². The molecule has 0 bridgehead atoms. The van der Waals surface area contributed by atoms with Gasteiger partial charge in [-0.3, -0.25) is 9.78 Å². The number of benzene rings is 1. The highest BCUT2D eigenvalue weighted by Gasteiger charge is 2.12. The number of nitrogens with two attached hydrogens (primary N) is 1. The summed E-state index contributed by atoms with van der Waals surface area (Å²) in [4.78, 5) is 16.2. The van der Waals surface area contributed by atoms with Crippen LogP contribution in [0.25, 0.3) is 0 Å². The summed E-state index contributed by atoms with van der Waals surface area (Å²) < 4.78 is 0.824. The monoisotopic (exact) mass is 319 g/mol. The number of pyridine rings is 1. The van der Waals surface area contributed by atoms with Crippen LogP contribution in [0.2, 0.25) is 0 Å². The second kappa shape index (κ2) is 5.40. The molecule has 0 fully saturated rings. The number of nitrogens with zero attached hydrogens (tertiary/aromatic N) is 1. The molecular weight excluding hydrogens is 306 g/mol. The molecule has 1 heterocycles. The van der Waals surface area contributed by atoms with Crippen LogP contribution < -0.4 is 11.1 Å². The number of rotatable bonds is 2. The van der Waals surface area contributed by atoms with Gasteiger partial charge in [-0.2, -0.15) is 0 Å². The number of halogens is 1. The lowest BCUT2D eigenvalue weighted by Crippen LogP contribution is -2.15. The Kier molecular flexibility index (Phi) is 3.85. The molecule has 1 aromatic carbocycles. The SMILES string of the molecule is Cc1ccc(Br)c(NC(=O)c2cnc(C)cc2N)c1. The summed E-state index contributed by atoms with van der Waals surface area (Å²) in [6, 6.07) is 7.42. The highest BCUT2D eigenvalue weighted by Crippen LogP contribution is 2.24. The Morgan fingerprint density at radius 2 is 2.05 bits per heavy atom. The predicted molar refractivity (Wildman–Crippen MR) is 80.2 cm³/mol. The standard InChI is InChI=1S/C14H14BrN3O/c1-8-3-4-11(15)13(5-8)18-14(19)10-7-17-9(2)6-12(10)16/h3-7H,1-2H3,(H2,16,17)(H,18,19). The molecule has 0 unspecified atom stereocenters. The van der Waals surface area contributed by atoms with Crippen LogP contribution in [0.15, 0.2) is 34.9 Å². The molecule has 0 aliphatic heterocycles. The van der Waals surface area contributed by atoms with Gasteiger partial charge >= 0.3 is 0 Å². The Bertz CT molecular complexity index is 641. The molecule has 0 spiro atoms. The summed E-state index contributed by atoms with van der Waals surface area (Å²) in [5.74, 6) is -0.267. The number of nitrogen functional groups attached to an aromatic ring is 1. The van der Waals surface area contributed by atoms with E-state index in [1.54, 1.807) is 6.07 Å². The Morgan fingerprint density at radius 3 is 2.74 bits per heavy atom. The molecule has 0 aliphatic rings. The molecule has 19 heavy (non-hydrogen) atoms. The fourth-order valence-electron chi connectivity index (χ4n) is 1.70. The molecule has 1 aromatic heterocycles. The van der Waals surface area contributed by atoms with Crippen molar-refractivity contribution in [3.63, 3.8) is 0 Å². The smallest absolute Gasteiger partial charge is 0.259 e. The van der Waals surface area contributed by atoms with Gasteiger partial charge in [-0.05, 0) is 53.5 Å².